The van der Waals surface area contributed by atoms with Crippen LogP contribution in [-0.4, -0.2) is 15.3 Å². The van der Waals surface area contributed by atoms with Gasteiger partial charge in [0.25, 0.3) is 0 Å². The summed E-state index contributed by atoms with van der Waals surface area (Å²) in [4.78, 5) is 16.8. The van der Waals surface area contributed by atoms with Gasteiger partial charge >= 0.3 is 0 Å². The lowest BCUT2D eigenvalue weighted by molar-refractivity contribution is 0.0932. The van der Waals surface area contributed by atoms with Crippen molar-refractivity contribution in [3.63, 3.8) is 0 Å². The molecular weight excluding hydrogens is 274 g/mol. The molecular formula is C16H16F2N2O. The minimum absolute atomic E-state index is 0.180. The summed E-state index contributed by atoms with van der Waals surface area (Å²) in [5.74, 6) is -2.18. The second-order valence-corrected chi connectivity index (χ2v) is 5.42. The number of rotatable bonds is 3. The van der Waals surface area contributed by atoms with E-state index in [0.29, 0.717) is 0 Å². The summed E-state index contributed by atoms with van der Waals surface area (Å²) < 4.78 is 28.1. The Labute approximate surface area is 121 Å². The minimum Gasteiger partial charge on any atom is -0.324 e. The normalized spacial score (nSPS) is 15.6. The van der Waals surface area contributed by atoms with Gasteiger partial charge in [-0.25, -0.2) is 13.8 Å². The fourth-order valence-corrected chi connectivity index (χ4v) is 2.84. The van der Waals surface area contributed by atoms with Crippen LogP contribution in [0.4, 0.5) is 8.78 Å². The third kappa shape index (κ3) is 2.48. The summed E-state index contributed by atoms with van der Waals surface area (Å²) in [5.41, 5.74) is 2.32. The van der Waals surface area contributed by atoms with Gasteiger partial charge in [-0.2, -0.15) is 0 Å². The van der Waals surface area contributed by atoms with E-state index in [1.54, 1.807) is 13.3 Å². The molecule has 1 aliphatic carbocycles. The van der Waals surface area contributed by atoms with Crippen LogP contribution >= 0.6 is 0 Å². The van der Waals surface area contributed by atoms with E-state index in [9.17, 15) is 13.6 Å². The van der Waals surface area contributed by atoms with Gasteiger partial charge in [-0.15, -0.1) is 0 Å². The standard InChI is InChI=1S/C16H16F2N2O/c1-10(16(21)11-6-7-12(17)13(18)8-11)20-9-19-14-4-2-3-5-15(14)20/h6-10H,2-5H2,1H3. The van der Waals surface area contributed by atoms with Crippen LogP contribution < -0.4 is 0 Å². The van der Waals surface area contributed by atoms with Crippen molar-refractivity contribution < 1.29 is 13.6 Å². The summed E-state index contributed by atoms with van der Waals surface area (Å²) in [7, 11) is 0. The van der Waals surface area contributed by atoms with Crippen molar-refractivity contribution in [3.05, 3.63) is 53.1 Å². The minimum atomic E-state index is -0.999. The molecule has 1 atom stereocenters. The molecule has 5 heteroatoms. The number of carbonyl (C=O) groups excluding carboxylic acids is 1. The predicted molar refractivity (Wildman–Crippen MR) is 74.3 cm³/mol. The first kappa shape index (κ1) is 13.9. The lowest BCUT2D eigenvalue weighted by Gasteiger charge is -2.18. The quantitative estimate of drug-likeness (QED) is 0.811. The van der Waals surface area contributed by atoms with Gasteiger partial charge in [0.15, 0.2) is 17.4 Å². The molecule has 21 heavy (non-hydrogen) atoms. The number of nitrogens with zero attached hydrogens (tertiary/aromatic N) is 2. The van der Waals surface area contributed by atoms with Crippen molar-refractivity contribution in [3.8, 4) is 0 Å². The Morgan fingerprint density at radius 1 is 1.24 bits per heavy atom. The zero-order valence-electron chi connectivity index (χ0n) is 11.8. The number of aromatic nitrogens is 2. The van der Waals surface area contributed by atoms with E-state index >= 15 is 0 Å². The van der Waals surface area contributed by atoms with Crippen molar-refractivity contribution >= 4 is 5.78 Å². The summed E-state index contributed by atoms with van der Waals surface area (Å²) >= 11 is 0. The molecule has 0 spiro atoms. The molecule has 0 fully saturated rings. The number of hydrogen-bond acceptors (Lipinski definition) is 2. The zero-order chi connectivity index (χ0) is 15.0. The number of imidazole rings is 1. The van der Waals surface area contributed by atoms with E-state index in [-0.39, 0.29) is 11.3 Å². The lowest BCUT2D eigenvalue weighted by Crippen LogP contribution is -2.19. The summed E-state index contributed by atoms with van der Waals surface area (Å²) in [6, 6.07) is 2.79. The topological polar surface area (TPSA) is 34.9 Å². The molecule has 0 saturated heterocycles. The molecule has 0 aliphatic heterocycles. The van der Waals surface area contributed by atoms with Crippen LogP contribution in [0, 0.1) is 11.6 Å². The first-order chi connectivity index (χ1) is 10.1. The van der Waals surface area contributed by atoms with E-state index in [0.717, 1.165) is 49.2 Å². The smallest absolute Gasteiger partial charge is 0.185 e. The van der Waals surface area contributed by atoms with Crippen LogP contribution in [-0.2, 0) is 12.8 Å². The van der Waals surface area contributed by atoms with Gasteiger partial charge in [-0.3, -0.25) is 4.79 Å². The van der Waals surface area contributed by atoms with Gasteiger partial charge in [0, 0.05) is 11.3 Å². The number of halogens is 2. The van der Waals surface area contributed by atoms with Crippen LogP contribution in [0.1, 0.15) is 47.6 Å². The molecule has 0 bridgehead atoms. The van der Waals surface area contributed by atoms with Gasteiger partial charge in [0.2, 0.25) is 0 Å². The van der Waals surface area contributed by atoms with Crippen molar-refractivity contribution in [2.75, 3.05) is 0 Å². The highest BCUT2D eigenvalue weighted by Crippen LogP contribution is 2.25. The van der Waals surface area contributed by atoms with E-state index in [2.05, 4.69) is 4.98 Å². The Morgan fingerprint density at radius 2 is 2.00 bits per heavy atom. The highest BCUT2D eigenvalue weighted by molar-refractivity contribution is 5.98. The van der Waals surface area contributed by atoms with E-state index < -0.39 is 17.7 Å². The van der Waals surface area contributed by atoms with Gasteiger partial charge in [0.1, 0.15) is 0 Å². The van der Waals surface area contributed by atoms with Crippen molar-refractivity contribution in [2.45, 2.75) is 38.6 Å². The number of carbonyl (C=O) groups is 1. The Balaban J connectivity index is 1.90. The van der Waals surface area contributed by atoms with Gasteiger partial charge in [0.05, 0.1) is 18.1 Å². The van der Waals surface area contributed by atoms with E-state index in [1.165, 1.54) is 6.07 Å². The van der Waals surface area contributed by atoms with Crippen LogP contribution in [0.2, 0.25) is 0 Å². The number of fused-ring (bicyclic) bond motifs is 1. The van der Waals surface area contributed by atoms with Crippen molar-refractivity contribution in [1.29, 1.82) is 0 Å². The highest BCUT2D eigenvalue weighted by atomic mass is 19.2. The molecule has 2 aromatic rings. The molecule has 0 N–H and O–H groups in total. The third-order valence-corrected chi connectivity index (χ3v) is 4.06. The molecule has 110 valence electrons. The van der Waals surface area contributed by atoms with Gasteiger partial charge in [-0.05, 0) is 50.8 Å². The SMILES string of the molecule is CC(C(=O)c1ccc(F)c(F)c1)n1cnc2c1CCCC2. The molecule has 1 aromatic heterocycles. The maximum atomic E-state index is 13.3. The maximum absolute atomic E-state index is 13.3. The van der Waals surface area contributed by atoms with Gasteiger partial charge < -0.3 is 4.57 Å². The van der Waals surface area contributed by atoms with Crippen LogP contribution in [0.3, 0.4) is 0 Å². The Bertz CT molecular complexity index is 694. The molecule has 1 unspecified atom stereocenters. The number of benzene rings is 1. The summed E-state index contributed by atoms with van der Waals surface area (Å²) in [6.45, 7) is 1.76. The van der Waals surface area contributed by atoms with Crippen LogP contribution in [0.15, 0.2) is 24.5 Å². The summed E-state index contributed by atoms with van der Waals surface area (Å²) in [5, 5.41) is 0. The molecule has 3 rings (SSSR count). The lowest BCUT2D eigenvalue weighted by atomic mass is 9.99. The van der Waals surface area contributed by atoms with Gasteiger partial charge in [-0.1, -0.05) is 0 Å². The summed E-state index contributed by atoms with van der Waals surface area (Å²) in [6.07, 6.45) is 5.73. The molecule has 0 saturated carbocycles. The first-order valence-electron chi connectivity index (χ1n) is 7.12. The fourth-order valence-electron chi connectivity index (χ4n) is 2.84. The number of Topliss-reactive ketones (excluding diaryl/α,β-unsaturated/α-hetero) is 1. The Hall–Kier alpha value is -2.04. The molecule has 1 aromatic carbocycles. The Kier molecular flexibility index (Phi) is 3.57. The molecule has 1 aliphatic rings. The third-order valence-electron chi connectivity index (χ3n) is 4.06. The fraction of sp³-hybridized carbons (Fsp3) is 0.375. The van der Waals surface area contributed by atoms with E-state index in [4.69, 9.17) is 0 Å². The number of aryl methyl sites for hydroxylation is 1. The highest BCUT2D eigenvalue weighted by Gasteiger charge is 2.23. The average Bonchev–Trinajstić information content (AvgIpc) is 2.92. The van der Waals surface area contributed by atoms with Crippen molar-refractivity contribution in [1.82, 2.24) is 9.55 Å². The number of ketones is 1. The largest absolute Gasteiger partial charge is 0.324 e. The van der Waals surface area contributed by atoms with Crippen LogP contribution in [0.5, 0.6) is 0 Å². The average molecular weight is 290 g/mol. The maximum Gasteiger partial charge on any atom is 0.185 e. The first-order valence-corrected chi connectivity index (χ1v) is 7.12. The molecule has 0 radical (unpaired) electrons. The van der Waals surface area contributed by atoms with Crippen LogP contribution in [0.25, 0.3) is 0 Å². The molecule has 3 nitrogen and oxygen atoms in total. The van der Waals surface area contributed by atoms with E-state index in [1.807, 2.05) is 4.57 Å². The second kappa shape index (κ2) is 5.39. The predicted octanol–water partition coefficient (Wildman–Crippen LogP) is 3.48. The Morgan fingerprint density at radius 3 is 2.76 bits per heavy atom. The second-order valence-electron chi connectivity index (χ2n) is 5.42. The monoisotopic (exact) mass is 290 g/mol. The molecule has 1 heterocycles. The zero-order valence-corrected chi connectivity index (χ0v) is 11.8. The molecule has 0 amide bonds. The van der Waals surface area contributed by atoms with Crippen molar-refractivity contribution in [2.24, 2.45) is 0 Å². The number of hydrogen-bond donors (Lipinski definition) is 0.